The summed E-state index contributed by atoms with van der Waals surface area (Å²) >= 11 is 0. The zero-order valence-corrected chi connectivity index (χ0v) is 24.1. The molecule has 3 aliphatic heterocycles. The minimum atomic E-state index is -1.10. The predicted molar refractivity (Wildman–Crippen MR) is 150 cm³/mol. The Morgan fingerprint density at radius 2 is 1.84 bits per heavy atom. The van der Waals surface area contributed by atoms with E-state index in [1.807, 2.05) is 13.0 Å². The number of carbonyl (C=O) groups excluding carboxylic acids is 2. The number of rotatable bonds is 7. The highest BCUT2D eigenvalue weighted by Gasteiger charge is 2.57. The molecular weight excluding hydrogens is 581 g/mol. The summed E-state index contributed by atoms with van der Waals surface area (Å²) in [4.78, 5) is 48.1. The first-order valence-corrected chi connectivity index (χ1v) is 14.2. The van der Waals surface area contributed by atoms with Gasteiger partial charge in [0.1, 0.15) is 41.5 Å². The minimum absolute atomic E-state index is 0.0469. The number of halogens is 3. The molecule has 44 heavy (non-hydrogen) atoms. The van der Waals surface area contributed by atoms with Crippen LogP contribution < -0.4 is 15.9 Å². The topological polar surface area (TPSA) is 116 Å². The number of methoxy groups -OCH3 is 1. The molecule has 0 aliphatic carbocycles. The smallest absolute Gasteiger partial charge is 0.274 e. The maximum atomic E-state index is 14.6. The van der Waals surface area contributed by atoms with Gasteiger partial charge in [-0.2, -0.15) is 5.06 Å². The number of nitrogens with zero attached hydrogens (tertiary/aromatic N) is 3. The van der Waals surface area contributed by atoms with Crippen LogP contribution >= 0.6 is 0 Å². The van der Waals surface area contributed by atoms with Gasteiger partial charge >= 0.3 is 0 Å². The number of carbonyl (C=O) groups is 2. The van der Waals surface area contributed by atoms with Gasteiger partial charge in [0, 0.05) is 50.0 Å². The van der Waals surface area contributed by atoms with Crippen LogP contribution in [0.15, 0.2) is 53.5 Å². The van der Waals surface area contributed by atoms with E-state index < -0.39 is 64.7 Å². The lowest BCUT2D eigenvalue weighted by atomic mass is 9.85. The van der Waals surface area contributed by atoms with Crippen LogP contribution in [0.1, 0.15) is 64.2 Å². The largest absolute Gasteiger partial charge is 0.483 e. The molecule has 2 bridgehead atoms. The Morgan fingerprint density at radius 3 is 2.50 bits per heavy atom. The van der Waals surface area contributed by atoms with E-state index in [9.17, 15) is 27.6 Å². The van der Waals surface area contributed by atoms with Crippen LogP contribution in [-0.4, -0.2) is 57.9 Å². The summed E-state index contributed by atoms with van der Waals surface area (Å²) < 4.78 is 56.1. The number of hydrogen-bond acceptors (Lipinski definition) is 7. The zero-order valence-electron chi connectivity index (χ0n) is 24.1. The highest BCUT2D eigenvalue weighted by Crippen LogP contribution is 2.49. The van der Waals surface area contributed by atoms with Crippen molar-refractivity contribution in [2.75, 3.05) is 13.7 Å². The minimum Gasteiger partial charge on any atom is -0.483 e. The second-order valence-electron chi connectivity index (χ2n) is 11.4. The van der Waals surface area contributed by atoms with Crippen molar-refractivity contribution in [1.82, 2.24) is 14.5 Å². The molecule has 13 heteroatoms. The lowest BCUT2D eigenvalue weighted by Gasteiger charge is -2.42. The van der Waals surface area contributed by atoms with E-state index in [-0.39, 0.29) is 42.6 Å². The fraction of sp³-hybridized carbons (Fsp3) is 0.387. The predicted octanol–water partition coefficient (Wildman–Crippen LogP) is 3.67. The molecule has 1 spiro atoms. The Hall–Kier alpha value is -4.20. The van der Waals surface area contributed by atoms with Gasteiger partial charge < -0.3 is 24.7 Å². The zero-order chi connectivity index (χ0) is 31.3. The average molecular weight is 613 g/mol. The number of nitrogens with two attached hydrogens (primary N) is 1. The molecular formula is C31H31F3N4O6. The Morgan fingerprint density at radius 1 is 1.14 bits per heavy atom. The Balaban J connectivity index is 1.45. The normalized spacial score (nSPS) is 24.8. The summed E-state index contributed by atoms with van der Waals surface area (Å²) in [7, 11) is 1.43. The number of benzene rings is 2. The van der Waals surface area contributed by atoms with E-state index in [1.54, 1.807) is 29.2 Å². The quantitative estimate of drug-likeness (QED) is 0.433. The molecule has 10 nitrogen and oxygen atoms in total. The monoisotopic (exact) mass is 612 g/mol. The summed E-state index contributed by atoms with van der Waals surface area (Å²) in [5.74, 6) is -4.93. The van der Waals surface area contributed by atoms with Crippen molar-refractivity contribution < 1.29 is 37.1 Å². The highest BCUT2D eigenvalue weighted by atomic mass is 19.1. The van der Waals surface area contributed by atoms with Gasteiger partial charge in [-0.3, -0.25) is 19.2 Å². The van der Waals surface area contributed by atoms with Crippen molar-refractivity contribution in [3.8, 4) is 5.75 Å². The van der Waals surface area contributed by atoms with Crippen LogP contribution in [0.4, 0.5) is 13.2 Å². The molecule has 4 atom stereocenters. The summed E-state index contributed by atoms with van der Waals surface area (Å²) in [5.41, 5.74) is 3.63. The van der Waals surface area contributed by atoms with Gasteiger partial charge in [-0.25, -0.2) is 13.2 Å². The highest BCUT2D eigenvalue weighted by molar-refractivity contribution is 5.99. The molecule has 3 aliphatic rings. The number of hydrogen-bond donors (Lipinski definition) is 1. The first-order chi connectivity index (χ1) is 21.0. The maximum Gasteiger partial charge on any atom is 0.274 e. The van der Waals surface area contributed by atoms with E-state index in [2.05, 4.69) is 0 Å². The number of primary amides is 1. The second kappa shape index (κ2) is 11.4. The Bertz CT molecular complexity index is 1660. The molecule has 1 unspecified atom stereocenters. The lowest BCUT2D eigenvalue weighted by molar-refractivity contribution is -0.253. The molecule has 0 saturated carbocycles. The van der Waals surface area contributed by atoms with Gasteiger partial charge in [-0.15, -0.1) is 0 Å². The molecule has 2 fully saturated rings. The van der Waals surface area contributed by atoms with Gasteiger partial charge in [0.15, 0.2) is 11.4 Å². The molecule has 232 valence electrons. The number of pyridine rings is 1. The number of hydroxylamine groups is 2. The number of aromatic nitrogens is 1. The van der Waals surface area contributed by atoms with Gasteiger partial charge in [-0.05, 0) is 25.3 Å². The van der Waals surface area contributed by atoms with E-state index in [1.165, 1.54) is 22.9 Å². The van der Waals surface area contributed by atoms with Crippen molar-refractivity contribution in [3.05, 3.63) is 98.7 Å². The number of ether oxygens (including phenoxy) is 2. The van der Waals surface area contributed by atoms with Crippen molar-refractivity contribution in [2.45, 2.75) is 63.3 Å². The summed E-state index contributed by atoms with van der Waals surface area (Å²) in [6.07, 6.45) is 1.59. The van der Waals surface area contributed by atoms with E-state index in [0.717, 1.165) is 5.56 Å². The maximum absolute atomic E-state index is 14.6. The van der Waals surface area contributed by atoms with Crippen LogP contribution in [0.2, 0.25) is 0 Å². The standard InChI is InChI=1S/C31H31F3N4O6/c1-17-8-9-31(12-25(42-2)38(44-31)14-20-22(33)10-19(32)11-23(20)34)24-15-36(17)30(41)26-28(43-16-18-6-4-3-5-7-18)27(39)21(29(35)40)13-37(24)26/h3-7,10-11,13,17,24-25H,8-9,12,14-16H2,1-2H3,(H2,35,40)/t17-,24+,25?,31-/m0/s1. The van der Waals surface area contributed by atoms with E-state index >= 15 is 0 Å². The number of fused-ring (bicyclic) bond motifs is 5. The Kier molecular flexibility index (Phi) is 7.72. The fourth-order valence-corrected chi connectivity index (χ4v) is 6.46. The van der Waals surface area contributed by atoms with Gasteiger partial charge in [0.05, 0.1) is 12.6 Å². The summed E-state index contributed by atoms with van der Waals surface area (Å²) in [6, 6.07) is 9.27. The first-order valence-electron chi connectivity index (χ1n) is 14.2. The van der Waals surface area contributed by atoms with Crippen molar-refractivity contribution in [3.63, 3.8) is 0 Å². The molecule has 2 N–H and O–H groups in total. The number of amides is 2. The van der Waals surface area contributed by atoms with Gasteiger partial charge in [0.2, 0.25) is 5.43 Å². The first kappa shape index (κ1) is 29.9. The molecule has 2 amide bonds. The Labute approximate surface area is 250 Å². The SMILES string of the molecule is COC1C[C@]2(CC[C@H](C)N3C[C@H]2n2cc(C(N)=O)c(=O)c(OCc4ccccc4)c2C3=O)ON1Cc1c(F)cc(F)cc1F. The van der Waals surface area contributed by atoms with Crippen LogP contribution in [0.5, 0.6) is 5.75 Å². The third-order valence-electron chi connectivity index (χ3n) is 8.81. The van der Waals surface area contributed by atoms with Crippen LogP contribution in [-0.2, 0) is 22.7 Å². The van der Waals surface area contributed by atoms with Gasteiger partial charge in [0.25, 0.3) is 11.8 Å². The average Bonchev–Trinajstić information content (AvgIpc) is 3.30. The molecule has 2 saturated heterocycles. The van der Waals surface area contributed by atoms with Crippen molar-refractivity contribution in [1.29, 1.82) is 0 Å². The second-order valence-corrected chi connectivity index (χ2v) is 11.4. The fourth-order valence-electron chi connectivity index (χ4n) is 6.46. The molecule has 2 aromatic carbocycles. The van der Waals surface area contributed by atoms with E-state index in [4.69, 9.17) is 20.0 Å². The van der Waals surface area contributed by atoms with Crippen molar-refractivity contribution in [2.24, 2.45) is 5.73 Å². The molecule has 6 rings (SSSR count). The molecule has 4 heterocycles. The van der Waals surface area contributed by atoms with Crippen LogP contribution in [0.3, 0.4) is 0 Å². The van der Waals surface area contributed by atoms with Crippen LogP contribution in [0, 0.1) is 17.5 Å². The third-order valence-corrected chi connectivity index (χ3v) is 8.81. The molecule has 0 radical (unpaired) electrons. The molecule has 3 aromatic rings. The lowest BCUT2D eigenvalue weighted by Crippen LogP contribution is -2.52. The summed E-state index contributed by atoms with van der Waals surface area (Å²) in [5, 5.41) is 1.31. The van der Waals surface area contributed by atoms with Crippen LogP contribution in [0.25, 0.3) is 0 Å². The van der Waals surface area contributed by atoms with Gasteiger partial charge in [-0.1, -0.05) is 30.3 Å². The molecule has 1 aromatic heterocycles. The summed E-state index contributed by atoms with van der Waals surface area (Å²) in [6.45, 7) is 1.59. The third kappa shape index (κ3) is 5.04. The van der Waals surface area contributed by atoms with E-state index in [0.29, 0.717) is 25.0 Å². The van der Waals surface area contributed by atoms with Crippen molar-refractivity contribution >= 4 is 11.8 Å².